The second-order valence-electron chi connectivity index (χ2n) is 3.05. The maximum atomic E-state index is 10.8. The highest BCUT2D eigenvalue weighted by Crippen LogP contribution is 2.35. The Morgan fingerprint density at radius 1 is 1.29 bits per heavy atom. The summed E-state index contributed by atoms with van der Waals surface area (Å²) < 4.78 is 4.73. The molecule has 1 heterocycles. The van der Waals surface area contributed by atoms with Gasteiger partial charge < -0.3 is 20.7 Å². The molecular formula is C9H9NO4. The van der Waals surface area contributed by atoms with Gasteiger partial charge in [-0.25, -0.2) is 0 Å². The molecule has 0 radical (unpaired) electrons. The normalized spacial score (nSPS) is 24.7. The van der Waals surface area contributed by atoms with Gasteiger partial charge in [0.15, 0.2) is 12.6 Å². The highest BCUT2D eigenvalue weighted by atomic mass is 16.7. The molecule has 0 saturated carbocycles. The first-order chi connectivity index (χ1) is 6.59. The maximum absolute atomic E-state index is 10.8. The van der Waals surface area contributed by atoms with E-state index in [1.807, 2.05) is 0 Å². The molecule has 1 aromatic rings. The number of benzene rings is 1. The SMILES string of the molecule is NC(=O)c1ccc2c(c1)C(O)OC2O. The van der Waals surface area contributed by atoms with Gasteiger partial charge in [-0.2, -0.15) is 0 Å². The standard InChI is InChI=1S/C9H9NO4/c10-7(11)4-1-2-5-6(3-4)9(13)14-8(5)12/h1-3,8-9,12-13H,(H2,10,11). The molecule has 1 aliphatic rings. The minimum Gasteiger partial charge on any atom is -0.366 e. The Bertz CT molecular complexity index is 390. The smallest absolute Gasteiger partial charge is 0.248 e. The Kier molecular flexibility index (Phi) is 1.99. The summed E-state index contributed by atoms with van der Waals surface area (Å²) in [6.07, 6.45) is -2.33. The molecule has 0 fully saturated rings. The number of primary amides is 1. The number of aliphatic hydroxyl groups excluding tert-OH is 2. The summed E-state index contributed by atoms with van der Waals surface area (Å²) in [7, 11) is 0. The van der Waals surface area contributed by atoms with Crippen molar-refractivity contribution < 1.29 is 19.7 Å². The number of carbonyl (C=O) groups is 1. The van der Waals surface area contributed by atoms with E-state index in [4.69, 9.17) is 10.5 Å². The van der Waals surface area contributed by atoms with Gasteiger partial charge in [-0.15, -0.1) is 0 Å². The molecular weight excluding hydrogens is 186 g/mol. The Balaban J connectivity index is 2.50. The van der Waals surface area contributed by atoms with Crippen LogP contribution in [-0.4, -0.2) is 16.1 Å². The molecule has 1 aromatic carbocycles. The first-order valence-electron chi connectivity index (χ1n) is 4.05. The van der Waals surface area contributed by atoms with Crippen molar-refractivity contribution in [3.8, 4) is 0 Å². The molecule has 0 saturated heterocycles. The number of carbonyl (C=O) groups excluding carboxylic acids is 1. The van der Waals surface area contributed by atoms with Gasteiger partial charge in [0.1, 0.15) is 0 Å². The summed E-state index contributed by atoms with van der Waals surface area (Å²) in [4.78, 5) is 10.8. The molecule has 2 unspecified atom stereocenters. The molecule has 14 heavy (non-hydrogen) atoms. The molecule has 0 aromatic heterocycles. The lowest BCUT2D eigenvalue weighted by atomic mass is 10.0. The van der Waals surface area contributed by atoms with Crippen LogP contribution in [0.3, 0.4) is 0 Å². The van der Waals surface area contributed by atoms with Crippen molar-refractivity contribution in [2.24, 2.45) is 5.73 Å². The topological polar surface area (TPSA) is 92.8 Å². The van der Waals surface area contributed by atoms with Crippen molar-refractivity contribution in [3.05, 3.63) is 34.9 Å². The van der Waals surface area contributed by atoms with Crippen molar-refractivity contribution in [2.45, 2.75) is 12.6 Å². The zero-order chi connectivity index (χ0) is 10.3. The van der Waals surface area contributed by atoms with E-state index in [0.29, 0.717) is 11.1 Å². The van der Waals surface area contributed by atoms with Gasteiger partial charge >= 0.3 is 0 Å². The molecule has 0 spiro atoms. The Morgan fingerprint density at radius 3 is 2.57 bits per heavy atom. The van der Waals surface area contributed by atoms with Crippen LogP contribution in [0.15, 0.2) is 18.2 Å². The van der Waals surface area contributed by atoms with Crippen LogP contribution in [0.5, 0.6) is 0 Å². The van der Waals surface area contributed by atoms with Gasteiger partial charge in [-0.3, -0.25) is 4.79 Å². The third-order valence-electron chi connectivity index (χ3n) is 2.16. The van der Waals surface area contributed by atoms with E-state index in [0.717, 1.165) is 0 Å². The average molecular weight is 195 g/mol. The fraction of sp³-hybridized carbons (Fsp3) is 0.222. The predicted molar refractivity (Wildman–Crippen MR) is 46.0 cm³/mol. The van der Waals surface area contributed by atoms with Crippen LogP contribution in [0.4, 0.5) is 0 Å². The Morgan fingerprint density at radius 2 is 1.93 bits per heavy atom. The minimum absolute atomic E-state index is 0.278. The number of nitrogens with two attached hydrogens (primary N) is 1. The molecule has 2 rings (SSSR count). The lowest BCUT2D eigenvalue weighted by Crippen LogP contribution is -2.11. The number of amides is 1. The van der Waals surface area contributed by atoms with Crippen molar-refractivity contribution in [1.29, 1.82) is 0 Å². The average Bonchev–Trinajstić information content (AvgIpc) is 2.42. The number of fused-ring (bicyclic) bond motifs is 1. The van der Waals surface area contributed by atoms with Crippen LogP contribution in [0.1, 0.15) is 34.1 Å². The zero-order valence-corrected chi connectivity index (χ0v) is 7.18. The summed E-state index contributed by atoms with van der Waals surface area (Å²) >= 11 is 0. The quantitative estimate of drug-likeness (QED) is 0.578. The summed E-state index contributed by atoms with van der Waals surface area (Å²) in [5, 5.41) is 18.6. The van der Waals surface area contributed by atoms with Gasteiger partial charge in [0.25, 0.3) is 0 Å². The van der Waals surface area contributed by atoms with Crippen LogP contribution in [0.2, 0.25) is 0 Å². The third-order valence-corrected chi connectivity index (χ3v) is 2.16. The van der Waals surface area contributed by atoms with Gasteiger partial charge in [0.2, 0.25) is 5.91 Å². The lowest BCUT2D eigenvalue weighted by molar-refractivity contribution is -0.193. The Hall–Kier alpha value is -1.43. The monoisotopic (exact) mass is 195 g/mol. The van der Waals surface area contributed by atoms with E-state index < -0.39 is 18.5 Å². The van der Waals surface area contributed by atoms with E-state index in [1.165, 1.54) is 18.2 Å². The predicted octanol–water partition coefficient (Wildman–Crippen LogP) is -0.202. The number of hydrogen-bond acceptors (Lipinski definition) is 4. The maximum Gasteiger partial charge on any atom is 0.248 e. The second-order valence-corrected chi connectivity index (χ2v) is 3.05. The van der Waals surface area contributed by atoms with E-state index in [-0.39, 0.29) is 5.56 Å². The largest absolute Gasteiger partial charge is 0.366 e. The van der Waals surface area contributed by atoms with Crippen LogP contribution in [0, 0.1) is 0 Å². The highest BCUT2D eigenvalue weighted by Gasteiger charge is 2.29. The fourth-order valence-electron chi connectivity index (χ4n) is 1.44. The van der Waals surface area contributed by atoms with E-state index in [9.17, 15) is 15.0 Å². The number of hydrogen-bond donors (Lipinski definition) is 3. The van der Waals surface area contributed by atoms with Crippen molar-refractivity contribution in [1.82, 2.24) is 0 Å². The highest BCUT2D eigenvalue weighted by molar-refractivity contribution is 5.93. The first-order valence-corrected chi connectivity index (χ1v) is 4.05. The summed E-state index contributed by atoms with van der Waals surface area (Å²) in [6, 6.07) is 4.40. The molecule has 0 bridgehead atoms. The van der Waals surface area contributed by atoms with Gasteiger partial charge in [0.05, 0.1) is 0 Å². The minimum atomic E-state index is -1.20. The van der Waals surface area contributed by atoms with Gasteiger partial charge in [-0.05, 0) is 12.1 Å². The number of rotatable bonds is 1. The van der Waals surface area contributed by atoms with Gasteiger partial charge in [-0.1, -0.05) is 6.07 Å². The Labute approximate surface area is 79.7 Å². The number of aliphatic hydroxyl groups is 2. The van der Waals surface area contributed by atoms with E-state index in [1.54, 1.807) is 0 Å². The molecule has 1 amide bonds. The molecule has 4 N–H and O–H groups in total. The molecule has 74 valence electrons. The van der Waals surface area contributed by atoms with E-state index in [2.05, 4.69) is 0 Å². The fourth-order valence-corrected chi connectivity index (χ4v) is 1.44. The molecule has 0 aliphatic carbocycles. The van der Waals surface area contributed by atoms with Crippen molar-refractivity contribution in [3.63, 3.8) is 0 Å². The van der Waals surface area contributed by atoms with E-state index >= 15 is 0 Å². The summed E-state index contributed by atoms with van der Waals surface area (Å²) in [5.74, 6) is -0.582. The molecule has 5 nitrogen and oxygen atoms in total. The van der Waals surface area contributed by atoms with Crippen LogP contribution >= 0.6 is 0 Å². The summed E-state index contributed by atoms with van der Waals surface area (Å²) in [5.41, 5.74) is 6.19. The van der Waals surface area contributed by atoms with Crippen molar-refractivity contribution in [2.75, 3.05) is 0 Å². The molecule has 5 heteroatoms. The lowest BCUT2D eigenvalue weighted by Gasteiger charge is -2.02. The summed E-state index contributed by atoms with van der Waals surface area (Å²) in [6.45, 7) is 0. The van der Waals surface area contributed by atoms with Crippen molar-refractivity contribution >= 4 is 5.91 Å². The molecule has 2 atom stereocenters. The third kappa shape index (κ3) is 1.27. The van der Waals surface area contributed by atoms with Crippen LogP contribution in [-0.2, 0) is 4.74 Å². The molecule has 1 aliphatic heterocycles. The number of ether oxygens (including phenoxy) is 1. The first kappa shape index (κ1) is 9.14. The van der Waals surface area contributed by atoms with Gasteiger partial charge in [0, 0.05) is 16.7 Å². The van der Waals surface area contributed by atoms with Crippen LogP contribution in [0.25, 0.3) is 0 Å². The zero-order valence-electron chi connectivity index (χ0n) is 7.18. The van der Waals surface area contributed by atoms with Crippen LogP contribution < -0.4 is 5.73 Å². The second kappa shape index (κ2) is 3.06.